The van der Waals surface area contributed by atoms with Gasteiger partial charge in [0, 0.05) is 16.4 Å². The smallest absolute Gasteiger partial charge is 0.149 e. The quantitative estimate of drug-likeness (QED) is 0.733. The van der Waals surface area contributed by atoms with Crippen molar-refractivity contribution >= 4 is 55.0 Å². The number of rotatable bonds is 2. The molecule has 6 heteroatoms. The summed E-state index contributed by atoms with van der Waals surface area (Å²) in [5.74, 6) is 0.154. The van der Waals surface area contributed by atoms with Crippen molar-refractivity contribution in [2.24, 2.45) is 0 Å². The Bertz CT molecular complexity index is 605. The fraction of sp³-hybridized carbons (Fsp3) is 0.0833. The number of aryl methyl sites for hydroxylation is 1. The molecule has 18 heavy (non-hydrogen) atoms. The first kappa shape index (κ1) is 13.8. The van der Waals surface area contributed by atoms with Gasteiger partial charge in [0.05, 0.1) is 9.50 Å². The van der Waals surface area contributed by atoms with E-state index in [9.17, 15) is 4.39 Å². The highest BCUT2D eigenvalue weighted by molar-refractivity contribution is 9.10. The standard InChI is InChI=1S/C12H8Br2ClFN2/c1-6-2-8(14)10(16)4-11(6)18-12-9(15)3-7(13)5-17-12/h2-5H,1H3,(H,17,18). The lowest BCUT2D eigenvalue weighted by molar-refractivity contribution is 0.621. The molecule has 0 saturated heterocycles. The molecule has 0 aliphatic carbocycles. The van der Waals surface area contributed by atoms with Crippen LogP contribution in [-0.2, 0) is 0 Å². The molecule has 0 radical (unpaired) electrons. The van der Waals surface area contributed by atoms with Crippen LogP contribution in [0.1, 0.15) is 5.56 Å². The van der Waals surface area contributed by atoms with Crippen LogP contribution in [0.3, 0.4) is 0 Å². The number of nitrogens with one attached hydrogen (secondary N) is 1. The van der Waals surface area contributed by atoms with Crippen molar-refractivity contribution in [2.45, 2.75) is 6.92 Å². The van der Waals surface area contributed by atoms with Crippen LogP contribution in [0.15, 0.2) is 33.3 Å². The van der Waals surface area contributed by atoms with Gasteiger partial charge in [0.25, 0.3) is 0 Å². The topological polar surface area (TPSA) is 24.9 Å². The molecule has 1 heterocycles. The zero-order valence-corrected chi connectivity index (χ0v) is 13.2. The fourth-order valence-electron chi connectivity index (χ4n) is 1.42. The van der Waals surface area contributed by atoms with Crippen LogP contribution in [0.5, 0.6) is 0 Å². The van der Waals surface area contributed by atoms with E-state index in [-0.39, 0.29) is 5.82 Å². The number of anilines is 2. The second-order valence-electron chi connectivity index (χ2n) is 3.69. The molecule has 0 saturated carbocycles. The van der Waals surface area contributed by atoms with E-state index < -0.39 is 0 Å². The normalized spacial score (nSPS) is 10.5. The van der Waals surface area contributed by atoms with Crippen LogP contribution < -0.4 is 5.32 Å². The minimum absolute atomic E-state index is 0.337. The molecule has 1 aromatic carbocycles. The molecular formula is C12H8Br2ClFN2. The zero-order valence-electron chi connectivity index (χ0n) is 9.27. The highest BCUT2D eigenvalue weighted by Gasteiger charge is 2.08. The Balaban J connectivity index is 2.37. The first-order valence-corrected chi connectivity index (χ1v) is 6.97. The van der Waals surface area contributed by atoms with Gasteiger partial charge in [-0.2, -0.15) is 0 Å². The molecule has 0 fully saturated rings. The Labute approximate surface area is 126 Å². The number of hydrogen-bond donors (Lipinski definition) is 1. The average Bonchev–Trinajstić information content (AvgIpc) is 2.29. The van der Waals surface area contributed by atoms with Gasteiger partial charge in [-0.15, -0.1) is 0 Å². The summed E-state index contributed by atoms with van der Waals surface area (Å²) in [7, 11) is 0. The van der Waals surface area contributed by atoms with Crippen LogP contribution in [-0.4, -0.2) is 4.98 Å². The molecular weight excluding hydrogens is 386 g/mol. The predicted octanol–water partition coefficient (Wildman–Crippen LogP) is 5.45. The number of hydrogen-bond acceptors (Lipinski definition) is 2. The molecule has 94 valence electrons. The van der Waals surface area contributed by atoms with Gasteiger partial charge < -0.3 is 5.32 Å². The Morgan fingerprint density at radius 2 is 2.00 bits per heavy atom. The molecule has 0 aliphatic heterocycles. The van der Waals surface area contributed by atoms with Crippen molar-refractivity contribution in [1.82, 2.24) is 4.98 Å². The lowest BCUT2D eigenvalue weighted by Gasteiger charge is -2.11. The van der Waals surface area contributed by atoms with Crippen molar-refractivity contribution in [3.05, 3.63) is 49.7 Å². The van der Waals surface area contributed by atoms with Gasteiger partial charge in [0.1, 0.15) is 11.6 Å². The van der Waals surface area contributed by atoms with E-state index in [2.05, 4.69) is 42.2 Å². The molecule has 2 aromatic rings. The van der Waals surface area contributed by atoms with Crippen molar-refractivity contribution in [1.29, 1.82) is 0 Å². The highest BCUT2D eigenvalue weighted by Crippen LogP contribution is 2.29. The molecule has 0 bridgehead atoms. The largest absolute Gasteiger partial charge is 0.339 e. The van der Waals surface area contributed by atoms with Crippen LogP contribution in [0, 0.1) is 12.7 Å². The first-order valence-electron chi connectivity index (χ1n) is 5.01. The number of halogens is 4. The van der Waals surface area contributed by atoms with Gasteiger partial charge in [-0.1, -0.05) is 11.6 Å². The van der Waals surface area contributed by atoms with E-state index in [4.69, 9.17) is 11.6 Å². The molecule has 0 spiro atoms. The maximum Gasteiger partial charge on any atom is 0.149 e. The number of pyridine rings is 1. The van der Waals surface area contributed by atoms with E-state index in [1.807, 2.05) is 6.92 Å². The van der Waals surface area contributed by atoms with E-state index in [0.717, 1.165) is 10.0 Å². The molecule has 2 nitrogen and oxygen atoms in total. The summed E-state index contributed by atoms with van der Waals surface area (Å²) < 4.78 is 14.7. The third-order valence-corrected chi connectivity index (χ3v) is 3.66. The molecule has 0 aliphatic rings. The molecule has 0 unspecified atom stereocenters. The lowest BCUT2D eigenvalue weighted by Crippen LogP contribution is -1.97. The van der Waals surface area contributed by atoms with Gasteiger partial charge in [-0.25, -0.2) is 9.37 Å². The predicted molar refractivity (Wildman–Crippen MR) is 79.1 cm³/mol. The third-order valence-electron chi connectivity index (χ3n) is 2.33. The number of benzene rings is 1. The summed E-state index contributed by atoms with van der Waals surface area (Å²) in [5, 5.41) is 3.48. The number of aromatic nitrogens is 1. The third kappa shape index (κ3) is 3.02. The van der Waals surface area contributed by atoms with Gasteiger partial charge in [-0.05, 0) is 62.5 Å². The fourth-order valence-corrected chi connectivity index (χ4v) is 2.55. The maximum absolute atomic E-state index is 13.5. The first-order chi connectivity index (χ1) is 8.47. The Morgan fingerprint density at radius 1 is 1.28 bits per heavy atom. The van der Waals surface area contributed by atoms with Crippen molar-refractivity contribution in [3.63, 3.8) is 0 Å². The Morgan fingerprint density at radius 3 is 2.67 bits per heavy atom. The maximum atomic E-state index is 13.5. The van der Waals surface area contributed by atoms with Crippen LogP contribution in [0.2, 0.25) is 5.02 Å². The van der Waals surface area contributed by atoms with Crippen LogP contribution in [0.25, 0.3) is 0 Å². The number of nitrogens with zero attached hydrogens (tertiary/aromatic N) is 1. The molecule has 0 atom stereocenters. The zero-order chi connectivity index (χ0) is 13.3. The Kier molecular flexibility index (Phi) is 4.25. The summed E-state index contributed by atoms with van der Waals surface area (Å²) in [6.45, 7) is 1.87. The summed E-state index contributed by atoms with van der Waals surface area (Å²) in [6, 6.07) is 4.82. The second kappa shape index (κ2) is 5.55. The summed E-state index contributed by atoms with van der Waals surface area (Å²) in [5.41, 5.74) is 1.52. The van der Waals surface area contributed by atoms with Gasteiger partial charge in [-0.3, -0.25) is 0 Å². The van der Waals surface area contributed by atoms with E-state index in [1.54, 1.807) is 18.3 Å². The molecule has 1 aromatic heterocycles. The molecule has 1 N–H and O–H groups in total. The minimum Gasteiger partial charge on any atom is -0.339 e. The summed E-state index contributed by atoms with van der Waals surface area (Å²) in [4.78, 5) is 4.14. The Hall–Kier alpha value is -0.650. The van der Waals surface area contributed by atoms with Gasteiger partial charge in [0.15, 0.2) is 0 Å². The minimum atomic E-state index is -0.337. The lowest BCUT2D eigenvalue weighted by atomic mass is 10.2. The second-order valence-corrected chi connectivity index (χ2v) is 5.87. The van der Waals surface area contributed by atoms with Gasteiger partial charge >= 0.3 is 0 Å². The highest BCUT2D eigenvalue weighted by atomic mass is 79.9. The monoisotopic (exact) mass is 392 g/mol. The van der Waals surface area contributed by atoms with E-state index in [1.165, 1.54) is 6.07 Å². The van der Waals surface area contributed by atoms with Crippen LogP contribution >= 0.6 is 43.5 Å². The SMILES string of the molecule is Cc1cc(Br)c(F)cc1Nc1ncc(Br)cc1Cl. The van der Waals surface area contributed by atoms with E-state index >= 15 is 0 Å². The molecule has 2 rings (SSSR count). The van der Waals surface area contributed by atoms with E-state index in [0.29, 0.717) is 21.0 Å². The average molecular weight is 394 g/mol. The van der Waals surface area contributed by atoms with Gasteiger partial charge in [0.2, 0.25) is 0 Å². The summed E-state index contributed by atoms with van der Waals surface area (Å²) >= 11 is 12.5. The van der Waals surface area contributed by atoms with Crippen molar-refractivity contribution < 1.29 is 4.39 Å². The van der Waals surface area contributed by atoms with Crippen molar-refractivity contribution in [2.75, 3.05) is 5.32 Å². The van der Waals surface area contributed by atoms with Crippen molar-refractivity contribution in [3.8, 4) is 0 Å². The summed E-state index contributed by atoms with van der Waals surface area (Å²) in [6.07, 6.45) is 1.62. The molecule has 0 amide bonds. The van der Waals surface area contributed by atoms with Crippen LogP contribution in [0.4, 0.5) is 15.9 Å².